The number of carbonyl (C=O) groups excluding carboxylic acids is 2. The zero-order valence-electron chi connectivity index (χ0n) is 22.9. The van der Waals surface area contributed by atoms with Crippen LogP contribution in [0.15, 0.2) is 79.0 Å². The molecule has 1 aliphatic heterocycles. The van der Waals surface area contributed by atoms with Gasteiger partial charge in [-0.25, -0.2) is 4.98 Å². The Morgan fingerprint density at radius 1 is 1.05 bits per heavy atom. The zero-order valence-corrected chi connectivity index (χ0v) is 23.6. The van der Waals surface area contributed by atoms with E-state index in [1.54, 1.807) is 55.2 Å². The van der Waals surface area contributed by atoms with Gasteiger partial charge in [0, 0.05) is 41.6 Å². The van der Waals surface area contributed by atoms with Crippen molar-refractivity contribution in [2.24, 2.45) is 0 Å². The van der Waals surface area contributed by atoms with E-state index in [9.17, 15) is 9.59 Å². The molecule has 0 unspecified atom stereocenters. The van der Waals surface area contributed by atoms with Crippen molar-refractivity contribution in [3.8, 4) is 28.4 Å². The number of anilines is 1. The van der Waals surface area contributed by atoms with Crippen LogP contribution in [-0.2, 0) is 9.53 Å². The molecule has 10 heteroatoms. The Morgan fingerprint density at radius 3 is 2.49 bits per heavy atom. The molecule has 1 atom stereocenters. The standard InChI is InChI=1S/C31H31ClN4O5/c1-39-25-8-3-6-22(16-25)30(38)35(18-27-10-5-15-41-27)20-29(37)34-31-33-28(21-11-13-23(32)14-12-21)19-36(31)24-7-4-9-26(17-24)40-2/h3-4,6-9,11-14,16-17,19,27H,5,10,15,18,20H2,1-2H3,(H,33,34,37)/t27-/m1/s1. The van der Waals surface area contributed by atoms with Gasteiger partial charge in [0.2, 0.25) is 11.9 Å². The third-order valence-corrected chi connectivity index (χ3v) is 7.07. The Balaban J connectivity index is 1.43. The fourth-order valence-electron chi connectivity index (χ4n) is 4.71. The largest absolute Gasteiger partial charge is 0.497 e. The first-order valence-electron chi connectivity index (χ1n) is 13.3. The fourth-order valence-corrected chi connectivity index (χ4v) is 4.84. The van der Waals surface area contributed by atoms with Crippen molar-refractivity contribution in [2.45, 2.75) is 18.9 Å². The van der Waals surface area contributed by atoms with E-state index in [0.717, 1.165) is 24.1 Å². The number of benzene rings is 3. The number of nitrogens with zero attached hydrogens (tertiary/aromatic N) is 3. The molecule has 1 fully saturated rings. The third-order valence-electron chi connectivity index (χ3n) is 6.82. The van der Waals surface area contributed by atoms with E-state index in [1.807, 2.05) is 42.6 Å². The molecule has 2 heterocycles. The van der Waals surface area contributed by atoms with Crippen molar-refractivity contribution in [3.63, 3.8) is 0 Å². The number of methoxy groups -OCH3 is 2. The van der Waals surface area contributed by atoms with Crippen LogP contribution in [0, 0.1) is 0 Å². The highest BCUT2D eigenvalue weighted by molar-refractivity contribution is 6.30. The van der Waals surface area contributed by atoms with Crippen molar-refractivity contribution in [1.82, 2.24) is 14.5 Å². The Morgan fingerprint density at radius 2 is 1.78 bits per heavy atom. The van der Waals surface area contributed by atoms with Crippen molar-refractivity contribution in [1.29, 1.82) is 0 Å². The van der Waals surface area contributed by atoms with Crippen molar-refractivity contribution in [3.05, 3.63) is 89.6 Å². The molecular weight excluding hydrogens is 544 g/mol. The minimum absolute atomic E-state index is 0.132. The normalized spacial score (nSPS) is 14.5. The topological polar surface area (TPSA) is 94.9 Å². The number of imidazole rings is 1. The van der Waals surface area contributed by atoms with E-state index >= 15 is 0 Å². The molecule has 3 aromatic carbocycles. The summed E-state index contributed by atoms with van der Waals surface area (Å²) in [4.78, 5) is 33.3. The SMILES string of the molecule is COc1cccc(C(=O)N(CC(=O)Nc2nc(-c3ccc(Cl)cc3)cn2-c2cccc(OC)c2)C[C@H]2CCCO2)c1. The minimum Gasteiger partial charge on any atom is -0.497 e. The van der Waals surface area contributed by atoms with Crippen LogP contribution in [0.5, 0.6) is 11.5 Å². The molecule has 1 aliphatic rings. The number of carbonyl (C=O) groups is 2. The van der Waals surface area contributed by atoms with E-state index in [1.165, 1.54) is 4.90 Å². The number of amides is 2. The van der Waals surface area contributed by atoms with Gasteiger partial charge in [0.25, 0.3) is 5.91 Å². The molecule has 41 heavy (non-hydrogen) atoms. The second-order valence-corrected chi connectivity index (χ2v) is 10.1. The summed E-state index contributed by atoms with van der Waals surface area (Å²) in [6.07, 6.45) is 3.45. The maximum atomic E-state index is 13.6. The molecule has 0 spiro atoms. The third kappa shape index (κ3) is 6.87. The number of ether oxygens (including phenoxy) is 3. The summed E-state index contributed by atoms with van der Waals surface area (Å²) in [5.41, 5.74) is 2.65. The van der Waals surface area contributed by atoms with Crippen LogP contribution in [-0.4, -0.2) is 66.3 Å². The molecule has 4 aromatic rings. The summed E-state index contributed by atoms with van der Waals surface area (Å²) >= 11 is 6.09. The van der Waals surface area contributed by atoms with Gasteiger partial charge in [0.15, 0.2) is 0 Å². The molecule has 2 amide bonds. The van der Waals surface area contributed by atoms with E-state index in [4.69, 9.17) is 30.8 Å². The summed E-state index contributed by atoms with van der Waals surface area (Å²) in [6, 6.07) is 21.6. The van der Waals surface area contributed by atoms with Crippen LogP contribution in [0.1, 0.15) is 23.2 Å². The number of hydrogen-bond acceptors (Lipinski definition) is 6. The predicted octanol–water partition coefficient (Wildman–Crippen LogP) is 5.47. The fraction of sp³-hybridized carbons (Fsp3) is 0.258. The lowest BCUT2D eigenvalue weighted by Gasteiger charge is -2.25. The van der Waals surface area contributed by atoms with Gasteiger partial charge in [0.05, 0.1) is 31.7 Å². The second kappa shape index (κ2) is 12.9. The highest BCUT2D eigenvalue weighted by atomic mass is 35.5. The van der Waals surface area contributed by atoms with Gasteiger partial charge < -0.3 is 19.1 Å². The number of nitrogens with one attached hydrogen (secondary N) is 1. The molecule has 0 aliphatic carbocycles. The lowest BCUT2D eigenvalue weighted by molar-refractivity contribution is -0.117. The second-order valence-electron chi connectivity index (χ2n) is 9.63. The average molecular weight is 575 g/mol. The summed E-state index contributed by atoms with van der Waals surface area (Å²) in [5.74, 6) is 0.851. The monoisotopic (exact) mass is 574 g/mol. The van der Waals surface area contributed by atoms with Crippen molar-refractivity contribution in [2.75, 3.05) is 39.2 Å². The molecular formula is C31H31ClN4O5. The van der Waals surface area contributed by atoms with Gasteiger partial charge in [-0.3, -0.25) is 19.5 Å². The van der Waals surface area contributed by atoms with Gasteiger partial charge in [-0.2, -0.15) is 0 Å². The highest BCUT2D eigenvalue weighted by Crippen LogP contribution is 2.27. The lowest BCUT2D eigenvalue weighted by Crippen LogP contribution is -2.42. The van der Waals surface area contributed by atoms with Crippen LogP contribution >= 0.6 is 11.6 Å². The van der Waals surface area contributed by atoms with Crippen LogP contribution in [0.2, 0.25) is 5.02 Å². The van der Waals surface area contributed by atoms with Gasteiger partial charge >= 0.3 is 0 Å². The first-order chi connectivity index (χ1) is 19.9. The molecule has 1 N–H and O–H groups in total. The number of rotatable bonds is 10. The minimum atomic E-state index is -0.392. The van der Waals surface area contributed by atoms with Crippen molar-refractivity contribution >= 4 is 29.4 Å². The Bertz CT molecular complexity index is 1520. The molecule has 1 saturated heterocycles. The zero-order chi connectivity index (χ0) is 28.8. The summed E-state index contributed by atoms with van der Waals surface area (Å²) in [7, 11) is 3.14. The smallest absolute Gasteiger partial charge is 0.254 e. The van der Waals surface area contributed by atoms with E-state index in [2.05, 4.69) is 5.32 Å². The quantitative estimate of drug-likeness (QED) is 0.270. The molecule has 0 bridgehead atoms. The van der Waals surface area contributed by atoms with Gasteiger partial charge in [0.1, 0.15) is 18.0 Å². The Labute approximate surface area is 243 Å². The van der Waals surface area contributed by atoms with Crippen LogP contribution in [0.4, 0.5) is 5.95 Å². The summed E-state index contributed by atoms with van der Waals surface area (Å²) < 4.78 is 18.3. The first-order valence-corrected chi connectivity index (χ1v) is 13.7. The van der Waals surface area contributed by atoms with Crippen LogP contribution in [0.25, 0.3) is 16.9 Å². The number of aromatic nitrogens is 2. The highest BCUT2D eigenvalue weighted by Gasteiger charge is 2.26. The van der Waals surface area contributed by atoms with E-state index in [-0.39, 0.29) is 18.6 Å². The average Bonchev–Trinajstić information content (AvgIpc) is 3.67. The molecule has 5 rings (SSSR count). The summed E-state index contributed by atoms with van der Waals surface area (Å²) in [6.45, 7) is 0.754. The first kappa shape index (κ1) is 28.2. The van der Waals surface area contributed by atoms with E-state index < -0.39 is 5.91 Å². The van der Waals surface area contributed by atoms with E-state index in [0.29, 0.717) is 46.9 Å². The maximum absolute atomic E-state index is 13.6. The molecule has 9 nitrogen and oxygen atoms in total. The molecule has 212 valence electrons. The van der Waals surface area contributed by atoms with Gasteiger partial charge in [-0.1, -0.05) is 35.9 Å². The molecule has 0 radical (unpaired) electrons. The Hall–Kier alpha value is -4.34. The van der Waals surface area contributed by atoms with Crippen molar-refractivity contribution < 1.29 is 23.8 Å². The number of halogens is 1. The maximum Gasteiger partial charge on any atom is 0.254 e. The summed E-state index contributed by atoms with van der Waals surface area (Å²) in [5, 5.41) is 3.53. The van der Waals surface area contributed by atoms with Gasteiger partial charge in [-0.05, 0) is 55.3 Å². The molecule has 1 aromatic heterocycles. The van der Waals surface area contributed by atoms with Gasteiger partial charge in [-0.15, -0.1) is 0 Å². The predicted molar refractivity (Wildman–Crippen MR) is 157 cm³/mol. The lowest BCUT2D eigenvalue weighted by atomic mass is 10.1. The number of hydrogen-bond donors (Lipinski definition) is 1. The Kier molecular flexibility index (Phi) is 8.86. The van der Waals surface area contributed by atoms with Crippen LogP contribution < -0.4 is 14.8 Å². The molecule has 0 saturated carbocycles. The van der Waals surface area contributed by atoms with Crippen LogP contribution in [0.3, 0.4) is 0 Å².